The fourth-order valence-corrected chi connectivity index (χ4v) is 1.09. The zero-order valence-electron chi connectivity index (χ0n) is 7.77. The lowest BCUT2D eigenvalue weighted by molar-refractivity contribution is 0.102. The molecular weight excluding hydrogens is 194 g/mol. The van der Waals surface area contributed by atoms with E-state index in [1.165, 1.54) is 6.20 Å². The molecule has 0 radical (unpaired) electrons. The van der Waals surface area contributed by atoms with Crippen molar-refractivity contribution in [2.24, 2.45) is 0 Å². The highest BCUT2D eigenvalue weighted by molar-refractivity contribution is 6.02. The zero-order valence-corrected chi connectivity index (χ0v) is 7.77. The molecule has 2 rings (SSSR count). The van der Waals surface area contributed by atoms with Crippen LogP contribution in [0.4, 0.5) is 11.5 Å². The Bertz CT molecular complexity index is 464. The second kappa shape index (κ2) is 3.79. The van der Waals surface area contributed by atoms with Gasteiger partial charge in [0.15, 0.2) is 5.82 Å². The summed E-state index contributed by atoms with van der Waals surface area (Å²) in [5.41, 5.74) is 6.37. The molecule has 6 nitrogen and oxygen atoms in total. The molecule has 6 heteroatoms. The van der Waals surface area contributed by atoms with Crippen LogP contribution < -0.4 is 11.1 Å². The summed E-state index contributed by atoms with van der Waals surface area (Å²) in [6, 6.07) is 4.88. The van der Waals surface area contributed by atoms with Crippen LogP contribution in [0.15, 0.2) is 30.6 Å². The van der Waals surface area contributed by atoms with Gasteiger partial charge in [-0.2, -0.15) is 5.10 Å². The summed E-state index contributed by atoms with van der Waals surface area (Å²) in [7, 11) is 0. The number of rotatable bonds is 2. The van der Waals surface area contributed by atoms with Crippen LogP contribution in [0.5, 0.6) is 0 Å². The van der Waals surface area contributed by atoms with Crippen molar-refractivity contribution in [1.82, 2.24) is 15.2 Å². The summed E-state index contributed by atoms with van der Waals surface area (Å²) < 4.78 is 0. The summed E-state index contributed by atoms with van der Waals surface area (Å²) in [6.07, 6.45) is 3.08. The summed E-state index contributed by atoms with van der Waals surface area (Å²) in [4.78, 5) is 14.3. The van der Waals surface area contributed by atoms with Crippen molar-refractivity contribution >= 4 is 17.4 Å². The zero-order chi connectivity index (χ0) is 10.7. The van der Waals surface area contributed by atoms with Crippen LogP contribution in [0.25, 0.3) is 0 Å². The van der Waals surface area contributed by atoms with Crippen LogP contribution in [0.1, 0.15) is 10.5 Å². The van der Waals surface area contributed by atoms with Gasteiger partial charge in [0.2, 0.25) is 0 Å². The predicted octanol–water partition coefficient (Wildman–Crippen LogP) is 0.639. The second-order valence-corrected chi connectivity index (χ2v) is 2.91. The molecule has 2 heterocycles. The lowest BCUT2D eigenvalue weighted by Crippen LogP contribution is -2.13. The third-order valence-corrected chi connectivity index (χ3v) is 1.76. The number of anilines is 2. The van der Waals surface area contributed by atoms with Crippen molar-refractivity contribution in [3.63, 3.8) is 0 Å². The van der Waals surface area contributed by atoms with E-state index in [-0.39, 0.29) is 5.91 Å². The number of carbonyl (C=O) groups is 1. The first-order chi connectivity index (χ1) is 7.25. The van der Waals surface area contributed by atoms with Gasteiger partial charge in [-0.15, -0.1) is 5.10 Å². The SMILES string of the molecule is Nc1c[nH]c(C(=O)Nc2cccnn2)c1. The molecule has 0 aromatic carbocycles. The van der Waals surface area contributed by atoms with Gasteiger partial charge in [0, 0.05) is 18.1 Å². The third kappa shape index (κ3) is 2.11. The molecule has 0 unspecified atom stereocenters. The van der Waals surface area contributed by atoms with Gasteiger partial charge < -0.3 is 16.0 Å². The van der Waals surface area contributed by atoms with E-state index in [4.69, 9.17) is 5.73 Å². The minimum Gasteiger partial charge on any atom is -0.397 e. The lowest BCUT2D eigenvalue weighted by Gasteiger charge is -2.00. The van der Waals surface area contributed by atoms with E-state index in [1.807, 2.05) is 0 Å². The number of nitrogens with one attached hydrogen (secondary N) is 2. The Labute approximate surface area is 85.5 Å². The van der Waals surface area contributed by atoms with Gasteiger partial charge in [-0.3, -0.25) is 4.79 Å². The molecule has 0 saturated carbocycles. The van der Waals surface area contributed by atoms with Crippen LogP contribution in [0, 0.1) is 0 Å². The Kier molecular flexibility index (Phi) is 2.32. The Morgan fingerprint density at radius 1 is 1.53 bits per heavy atom. The molecule has 0 spiro atoms. The van der Waals surface area contributed by atoms with Crippen LogP contribution in [0.3, 0.4) is 0 Å². The van der Waals surface area contributed by atoms with Gasteiger partial charge >= 0.3 is 0 Å². The number of aromatic nitrogens is 3. The first-order valence-corrected chi connectivity index (χ1v) is 4.28. The quantitative estimate of drug-likeness (QED) is 0.667. The Morgan fingerprint density at radius 3 is 3.00 bits per heavy atom. The first kappa shape index (κ1) is 9.20. The Balaban J connectivity index is 2.11. The third-order valence-electron chi connectivity index (χ3n) is 1.76. The van der Waals surface area contributed by atoms with E-state index in [0.717, 1.165) is 0 Å². The van der Waals surface area contributed by atoms with E-state index in [9.17, 15) is 4.79 Å². The molecule has 0 aliphatic rings. The highest BCUT2D eigenvalue weighted by Crippen LogP contribution is 2.07. The predicted molar refractivity (Wildman–Crippen MR) is 55.2 cm³/mol. The summed E-state index contributed by atoms with van der Waals surface area (Å²) >= 11 is 0. The molecule has 0 atom stereocenters. The topological polar surface area (TPSA) is 96.7 Å². The number of hydrogen-bond donors (Lipinski definition) is 3. The van der Waals surface area contributed by atoms with Crippen molar-refractivity contribution in [1.29, 1.82) is 0 Å². The number of nitrogens with two attached hydrogens (primary N) is 1. The van der Waals surface area contributed by atoms with E-state index in [2.05, 4.69) is 20.5 Å². The Hall–Kier alpha value is -2.37. The van der Waals surface area contributed by atoms with Crippen LogP contribution in [-0.2, 0) is 0 Å². The number of amides is 1. The summed E-state index contributed by atoms with van der Waals surface area (Å²) in [5, 5.41) is 9.93. The summed E-state index contributed by atoms with van der Waals surface area (Å²) in [5.74, 6) is 0.0999. The fraction of sp³-hybridized carbons (Fsp3) is 0. The number of hydrogen-bond acceptors (Lipinski definition) is 4. The van der Waals surface area contributed by atoms with Crippen LogP contribution in [-0.4, -0.2) is 21.1 Å². The highest BCUT2D eigenvalue weighted by atomic mass is 16.1. The molecule has 2 aromatic rings. The van der Waals surface area contributed by atoms with Crippen molar-refractivity contribution in [3.8, 4) is 0 Å². The van der Waals surface area contributed by atoms with E-state index in [1.54, 1.807) is 24.4 Å². The van der Waals surface area contributed by atoms with Crippen molar-refractivity contribution < 1.29 is 4.79 Å². The number of nitrogens with zero attached hydrogens (tertiary/aromatic N) is 2. The molecular formula is C9H9N5O. The van der Waals surface area contributed by atoms with Gasteiger partial charge in [0.25, 0.3) is 5.91 Å². The van der Waals surface area contributed by atoms with Gasteiger partial charge in [-0.05, 0) is 18.2 Å². The molecule has 0 bridgehead atoms. The molecule has 0 fully saturated rings. The van der Waals surface area contributed by atoms with Gasteiger partial charge in [0.05, 0.1) is 0 Å². The van der Waals surface area contributed by atoms with Gasteiger partial charge in [-0.25, -0.2) is 0 Å². The minimum atomic E-state index is -0.299. The molecule has 0 saturated heterocycles. The van der Waals surface area contributed by atoms with Crippen LogP contribution >= 0.6 is 0 Å². The van der Waals surface area contributed by atoms with Crippen molar-refractivity contribution in [3.05, 3.63) is 36.3 Å². The van der Waals surface area contributed by atoms with E-state index >= 15 is 0 Å². The smallest absolute Gasteiger partial charge is 0.273 e. The lowest BCUT2D eigenvalue weighted by atomic mass is 10.4. The average molecular weight is 203 g/mol. The molecule has 76 valence electrons. The highest BCUT2D eigenvalue weighted by Gasteiger charge is 2.08. The molecule has 1 amide bonds. The second-order valence-electron chi connectivity index (χ2n) is 2.91. The number of H-pyrrole nitrogens is 1. The van der Waals surface area contributed by atoms with Crippen LogP contribution in [0.2, 0.25) is 0 Å². The standard InChI is InChI=1S/C9H9N5O/c10-6-4-7(11-5-6)9(15)13-8-2-1-3-12-14-8/h1-5,11H,10H2,(H,13,14,15). The van der Waals surface area contributed by atoms with Crippen molar-refractivity contribution in [2.45, 2.75) is 0 Å². The van der Waals surface area contributed by atoms with Crippen molar-refractivity contribution in [2.75, 3.05) is 11.1 Å². The molecule has 15 heavy (non-hydrogen) atoms. The molecule has 2 aromatic heterocycles. The maximum Gasteiger partial charge on any atom is 0.273 e. The molecule has 4 N–H and O–H groups in total. The minimum absolute atomic E-state index is 0.299. The van der Waals surface area contributed by atoms with E-state index < -0.39 is 0 Å². The largest absolute Gasteiger partial charge is 0.397 e. The maximum absolute atomic E-state index is 11.6. The molecule has 0 aliphatic carbocycles. The van der Waals surface area contributed by atoms with Gasteiger partial charge in [0.1, 0.15) is 5.69 Å². The first-order valence-electron chi connectivity index (χ1n) is 4.28. The Morgan fingerprint density at radius 2 is 2.40 bits per heavy atom. The molecule has 0 aliphatic heterocycles. The number of nitrogen functional groups attached to an aromatic ring is 1. The number of aromatic amines is 1. The number of carbonyl (C=O) groups excluding carboxylic acids is 1. The normalized spacial score (nSPS) is 9.87. The summed E-state index contributed by atoms with van der Waals surface area (Å²) in [6.45, 7) is 0. The van der Waals surface area contributed by atoms with Gasteiger partial charge in [-0.1, -0.05) is 0 Å². The monoisotopic (exact) mass is 203 g/mol. The average Bonchev–Trinajstić information content (AvgIpc) is 2.66. The fourth-order valence-electron chi connectivity index (χ4n) is 1.09. The maximum atomic E-state index is 11.6. The van der Waals surface area contributed by atoms with E-state index in [0.29, 0.717) is 17.2 Å².